The van der Waals surface area contributed by atoms with Gasteiger partial charge in [-0.2, -0.15) is 0 Å². The summed E-state index contributed by atoms with van der Waals surface area (Å²) in [4.78, 5) is 7.59. The lowest BCUT2D eigenvalue weighted by Crippen LogP contribution is -2.15. The Bertz CT molecular complexity index is 357. The Hall–Kier alpha value is -1.63. The van der Waals surface area contributed by atoms with Gasteiger partial charge in [0.05, 0.1) is 11.7 Å². The molecule has 1 heterocycles. The van der Waals surface area contributed by atoms with Gasteiger partial charge in [-0.3, -0.25) is 0 Å². The SMILES string of the molecule is C#CC(C)Nc1ncnc(CC)c1F. The zero-order valence-electron chi connectivity index (χ0n) is 8.21. The summed E-state index contributed by atoms with van der Waals surface area (Å²) in [6, 6.07) is -0.246. The molecular formula is C10H12FN3. The van der Waals surface area contributed by atoms with Gasteiger partial charge >= 0.3 is 0 Å². The third kappa shape index (κ3) is 2.19. The fraction of sp³-hybridized carbons (Fsp3) is 0.400. The predicted molar refractivity (Wildman–Crippen MR) is 53.3 cm³/mol. The van der Waals surface area contributed by atoms with Crippen molar-refractivity contribution in [2.45, 2.75) is 26.3 Å². The van der Waals surface area contributed by atoms with Crippen molar-refractivity contribution >= 4 is 5.82 Å². The van der Waals surface area contributed by atoms with Crippen LogP contribution in [-0.4, -0.2) is 16.0 Å². The molecule has 0 amide bonds. The molecule has 0 saturated carbocycles. The summed E-state index contributed by atoms with van der Waals surface area (Å²) >= 11 is 0. The summed E-state index contributed by atoms with van der Waals surface area (Å²) in [5.41, 5.74) is 0.395. The molecule has 0 bridgehead atoms. The quantitative estimate of drug-likeness (QED) is 0.741. The van der Waals surface area contributed by atoms with E-state index in [2.05, 4.69) is 21.2 Å². The van der Waals surface area contributed by atoms with Crippen molar-refractivity contribution in [1.82, 2.24) is 9.97 Å². The molecule has 1 N–H and O–H groups in total. The average Bonchev–Trinajstić information content (AvgIpc) is 2.21. The van der Waals surface area contributed by atoms with Gasteiger partial charge in [0, 0.05) is 0 Å². The number of rotatable bonds is 3. The number of aromatic nitrogens is 2. The van der Waals surface area contributed by atoms with Crippen LogP contribution in [0, 0.1) is 18.2 Å². The number of hydrogen-bond donors (Lipinski definition) is 1. The molecule has 1 rings (SSSR count). The number of terminal acetylenes is 1. The van der Waals surface area contributed by atoms with Crippen molar-refractivity contribution in [3.8, 4) is 12.3 Å². The Morgan fingerprint density at radius 2 is 2.36 bits per heavy atom. The van der Waals surface area contributed by atoms with E-state index in [9.17, 15) is 4.39 Å². The van der Waals surface area contributed by atoms with E-state index in [0.717, 1.165) is 0 Å². The van der Waals surface area contributed by atoms with Crippen molar-refractivity contribution in [2.75, 3.05) is 5.32 Å². The Balaban J connectivity index is 2.93. The Morgan fingerprint density at radius 3 is 2.93 bits per heavy atom. The van der Waals surface area contributed by atoms with Crippen molar-refractivity contribution in [1.29, 1.82) is 0 Å². The van der Waals surface area contributed by atoms with Gasteiger partial charge < -0.3 is 5.32 Å². The monoisotopic (exact) mass is 193 g/mol. The molecule has 1 aromatic heterocycles. The van der Waals surface area contributed by atoms with E-state index in [1.54, 1.807) is 6.92 Å². The van der Waals surface area contributed by atoms with Crippen LogP contribution in [-0.2, 0) is 6.42 Å². The highest BCUT2D eigenvalue weighted by molar-refractivity contribution is 5.39. The minimum absolute atomic E-state index is 0.169. The first-order valence-corrected chi connectivity index (χ1v) is 4.41. The third-order valence-corrected chi connectivity index (χ3v) is 1.80. The first-order chi connectivity index (χ1) is 6.69. The Labute approximate surface area is 82.8 Å². The standard InChI is InChI=1S/C10H12FN3/c1-4-7(3)14-10-9(11)8(5-2)12-6-13-10/h1,6-7H,5H2,2-3H3,(H,12,13,14). The number of aryl methyl sites for hydroxylation is 1. The lowest BCUT2D eigenvalue weighted by Gasteiger charge is -2.09. The van der Waals surface area contributed by atoms with Gasteiger partial charge in [-0.15, -0.1) is 6.42 Å². The van der Waals surface area contributed by atoms with Crippen LogP contribution in [0.25, 0.3) is 0 Å². The molecule has 0 spiro atoms. The summed E-state index contributed by atoms with van der Waals surface area (Å²) in [5.74, 6) is 2.19. The van der Waals surface area contributed by atoms with E-state index in [0.29, 0.717) is 12.1 Å². The minimum Gasteiger partial charge on any atom is -0.354 e. The second-order valence-corrected chi connectivity index (χ2v) is 2.87. The van der Waals surface area contributed by atoms with E-state index < -0.39 is 5.82 Å². The number of nitrogens with one attached hydrogen (secondary N) is 1. The highest BCUT2D eigenvalue weighted by Gasteiger charge is 2.10. The smallest absolute Gasteiger partial charge is 0.186 e. The number of anilines is 1. The van der Waals surface area contributed by atoms with Gasteiger partial charge in [-0.25, -0.2) is 14.4 Å². The van der Waals surface area contributed by atoms with E-state index in [4.69, 9.17) is 6.42 Å². The van der Waals surface area contributed by atoms with Crippen molar-refractivity contribution in [3.05, 3.63) is 17.8 Å². The summed E-state index contributed by atoms with van der Waals surface area (Å²) in [7, 11) is 0. The number of nitrogens with zero attached hydrogens (tertiary/aromatic N) is 2. The van der Waals surface area contributed by atoms with Crippen LogP contribution in [0.4, 0.5) is 10.2 Å². The first kappa shape index (κ1) is 10.5. The maximum absolute atomic E-state index is 13.5. The third-order valence-electron chi connectivity index (χ3n) is 1.80. The second kappa shape index (κ2) is 4.56. The average molecular weight is 193 g/mol. The molecule has 0 aliphatic carbocycles. The maximum Gasteiger partial charge on any atom is 0.186 e. The van der Waals surface area contributed by atoms with Gasteiger partial charge in [-0.05, 0) is 13.3 Å². The van der Waals surface area contributed by atoms with Crippen LogP contribution in [0.1, 0.15) is 19.5 Å². The largest absolute Gasteiger partial charge is 0.354 e. The molecular weight excluding hydrogens is 181 g/mol. The van der Waals surface area contributed by atoms with E-state index in [1.165, 1.54) is 6.33 Å². The van der Waals surface area contributed by atoms with E-state index in [-0.39, 0.29) is 11.9 Å². The number of hydrogen-bond acceptors (Lipinski definition) is 3. The van der Waals surface area contributed by atoms with Crippen molar-refractivity contribution < 1.29 is 4.39 Å². The van der Waals surface area contributed by atoms with Crippen molar-refractivity contribution in [2.24, 2.45) is 0 Å². The maximum atomic E-state index is 13.5. The van der Waals surface area contributed by atoms with Crippen LogP contribution < -0.4 is 5.32 Å². The molecule has 0 aromatic carbocycles. The van der Waals surface area contributed by atoms with Crippen LogP contribution in [0.15, 0.2) is 6.33 Å². The molecule has 3 nitrogen and oxygen atoms in total. The topological polar surface area (TPSA) is 37.8 Å². The van der Waals surface area contributed by atoms with Crippen LogP contribution >= 0.6 is 0 Å². The van der Waals surface area contributed by atoms with Crippen LogP contribution in [0.2, 0.25) is 0 Å². The summed E-state index contributed by atoms with van der Waals surface area (Å²) < 4.78 is 13.5. The molecule has 4 heteroatoms. The lowest BCUT2D eigenvalue weighted by molar-refractivity contribution is 0.596. The fourth-order valence-corrected chi connectivity index (χ4v) is 1.00. The second-order valence-electron chi connectivity index (χ2n) is 2.87. The molecule has 14 heavy (non-hydrogen) atoms. The van der Waals surface area contributed by atoms with Crippen molar-refractivity contribution in [3.63, 3.8) is 0 Å². The molecule has 0 aliphatic rings. The van der Waals surface area contributed by atoms with E-state index in [1.807, 2.05) is 6.92 Å². The fourth-order valence-electron chi connectivity index (χ4n) is 1.00. The first-order valence-electron chi connectivity index (χ1n) is 4.41. The lowest BCUT2D eigenvalue weighted by atomic mass is 10.3. The van der Waals surface area contributed by atoms with Gasteiger partial charge in [-0.1, -0.05) is 12.8 Å². The van der Waals surface area contributed by atoms with Gasteiger partial charge in [0.25, 0.3) is 0 Å². The predicted octanol–water partition coefficient (Wildman–Crippen LogP) is 1.61. The molecule has 0 saturated heterocycles. The molecule has 0 radical (unpaired) electrons. The zero-order valence-corrected chi connectivity index (χ0v) is 8.21. The van der Waals surface area contributed by atoms with Crippen LogP contribution in [0.5, 0.6) is 0 Å². The van der Waals surface area contributed by atoms with E-state index >= 15 is 0 Å². The molecule has 74 valence electrons. The van der Waals surface area contributed by atoms with Gasteiger partial charge in [0.15, 0.2) is 11.6 Å². The minimum atomic E-state index is -0.419. The van der Waals surface area contributed by atoms with Gasteiger partial charge in [0.2, 0.25) is 0 Å². The molecule has 0 fully saturated rings. The molecule has 0 aliphatic heterocycles. The highest BCUT2D eigenvalue weighted by Crippen LogP contribution is 2.13. The molecule has 1 aromatic rings. The molecule has 1 atom stereocenters. The highest BCUT2D eigenvalue weighted by atomic mass is 19.1. The number of halogens is 1. The Kier molecular flexibility index (Phi) is 3.41. The Morgan fingerprint density at radius 1 is 1.64 bits per heavy atom. The van der Waals surface area contributed by atoms with Gasteiger partial charge in [0.1, 0.15) is 6.33 Å². The zero-order chi connectivity index (χ0) is 10.6. The van der Waals surface area contributed by atoms with Crippen LogP contribution in [0.3, 0.4) is 0 Å². The summed E-state index contributed by atoms with van der Waals surface area (Å²) in [6.45, 7) is 3.59. The normalized spacial score (nSPS) is 11.9. The molecule has 1 unspecified atom stereocenters. The summed E-state index contributed by atoms with van der Waals surface area (Å²) in [5, 5.41) is 2.77. The summed E-state index contributed by atoms with van der Waals surface area (Å²) in [6.07, 6.45) is 7.02.